The molecule has 8 heteroatoms. The number of nitrogens with two attached hydrogens (primary N) is 1. The summed E-state index contributed by atoms with van der Waals surface area (Å²) in [5.74, 6) is -1.83. The standard InChI is InChI=1S/C20H24FN3O3S/c1-4-10(2)24-17(25)15-14(7-8-28-3)23-20(16(15)18(24)26)12-9-11(21)5-6-13(12)22-19(20)27/h5-6,9-10,14-16,23H,4,7-8H2,1-3H3,(H,22,27)/p+1/t10-,14+,15+,16-,20+/m0/s1. The molecule has 1 aromatic rings. The number of hydrogen-bond donors (Lipinski definition) is 2. The van der Waals surface area contributed by atoms with E-state index in [0.29, 0.717) is 24.1 Å². The highest BCUT2D eigenvalue weighted by Crippen LogP contribution is 2.50. The maximum atomic E-state index is 14.1. The zero-order valence-electron chi connectivity index (χ0n) is 16.2. The van der Waals surface area contributed by atoms with Crippen molar-refractivity contribution in [2.75, 3.05) is 17.3 Å². The normalized spacial score (nSPS) is 32.1. The van der Waals surface area contributed by atoms with Gasteiger partial charge in [0.25, 0.3) is 5.91 Å². The van der Waals surface area contributed by atoms with Crippen LogP contribution in [-0.4, -0.2) is 46.7 Å². The summed E-state index contributed by atoms with van der Waals surface area (Å²) in [6.07, 6.45) is 3.35. The van der Waals surface area contributed by atoms with Crippen LogP contribution in [0.1, 0.15) is 32.3 Å². The Morgan fingerprint density at radius 1 is 1.32 bits per heavy atom. The molecular formula is C20H25FN3O3S+. The monoisotopic (exact) mass is 406 g/mol. The molecule has 4 rings (SSSR count). The van der Waals surface area contributed by atoms with Crippen LogP contribution in [0.15, 0.2) is 18.2 Å². The number of rotatable bonds is 5. The molecule has 3 N–H and O–H groups in total. The van der Waals surface area contributed by atoms with Crippen molar-refractivity contribution >= 4 is 35.2 Å². The number of hydrogen-bond acceptors (Lipinski definition) is 4. The molecule has 6 nitrogen and oxygen atoms in total. The van der Waals surface area contributed by atoms with Gasteiger partial charge < -0.3 is 10.6 Å². The van der Waals surface area contributed by atoms with Crippen molar-refractivity contribution in [2.24, 2.45) is 11.8 Å². The zero-order chi connectivity index (χ0) is 20.2. The molecule has 2 saturated heterocycles. The van der Waals surface area contributed by atoms with Crippen molar-refractivity contribution < 1.29 is 24.1 Å². The van der Waals surface area contributed by atoms with Crippen molar-refractivity contribution in [2.45, 2.75) is 44.3 Å². The number of imide groups is 1. The van der Waals surface area contributed by atoms with E-state index in [1.165, 1.54) is 23.1 Å². The van der Waals surface area contributed by atoms with Crippen LogP contribution in [-0.2, 0) is 19.9 Å². The van der Waals surface area contributed by atoms with Gasteiger partial charge in [-0.05, 0) is 43.6 Å². The highest BCUT2D eigenvalue weighted by Gasteiger charge is 2.74. The van der Waals surface area contributed by atoms with Gasteiger partial charge in [-0.3, -0.25) is 19.3 Å². The third-order valence-electron chi connectivity index (χ3n) is 6.55. The van der Waals surface area contributed by atoms with E-state index in [2.05, 4.69) is 5.32 Å². The summed E-state index contributed by atoms with van der Waals surface area (Å²) in [5, 5.41) is 4.68. The topological polar surface area (TPSA) is 83.1 Å². The molecule has 1 spiro atoms. The van der Waals surface area contributed by atoms with Crippen LogP contribution in [0.25, 0.3) is 0 Å². The van der Waals surface area contributed by atoms with E-state index < -0.39 is 23.2 Å². The summed E-state index contributed by atoms with van der Waals surface area (Å²) >= 11 is 1.67. The van der Waals surface area contributed by atoms with Gasteiger partial charge in [0.1, 0.15) is 23.7 Å². The summed E-state index contributed by atoms with van der Waals surface area (Å²) in [6.45, 7) is 3.78. The lowest BCUT2D eigenvalue weighted by molar-refractivity contribution is -0.733. The van der Waals surface area contributed by atoms with Crippen LogP contribution in [0.5, 0.6) is 0 Å². The van der Waals surface area contributed by atoms with Gasteiger partial charge in [0.15, 0.2) is 0 Å². The van der Waals surface area contributed by atoms with E-state index >= 15 is 0 Å². The number of amides is 3. The largest absolute Gasteiger partial charge is 0.326 e. The first kappa shape index (κ1) is 19.4. The van der Waals surface area contributed by atoms with Crippen molar-refractivity contribution in [3.05, 3.63) is 29.6 Å². The molecule has 3 amide bonds. The molecule has 28 heavy (non-hydrogen) atoms. The third-order valence-corrected chi connectivity index (χ3v) is 7.20. The number of fused-ring (bicyclic) bond motifs is 4. The Kier molecular flexibility index (Phi) is 4.74. The second-order valence-corrected chi connectivity index (χ2v) is 8.92. The van der Waals surface area contributed by atoms with Gasteiger partial charge in [-0.25, -0.2) is 4.39 Å². The Morgan fingerprint density at radius 3 is 2.75 bits per heavy atom. The van der Waals surface area contributed by atoms with E-state index in [-0.39, 0.29) is 29.8 Å². The highest BCUT2D eigenvalue weighted by atomic mass is 32.2. The van der Waals surface area contributed by atoms with Crippen LogP contribution in [0.4, 0.5) is 10.1 Å². The molecule has 0 radical (unpaired) electrons. The predicted molar refractivity (Wildman–Crippen MR) is 104 cm³/mol. The van der Waals surface area contributed by atoms with Gasteiger partial charge in [0.05, 0.1) is 5.69 Å². The summed E-state index contributed by atoms with van der Waals surface area (Å²) < 4.78 is 14.1. The van der Waals surface area contributed by atoms with Gasteiger partial charge in [-0.15, -0.1) is 0 Å². The molecule has 2 fully saturated rings. The molecule has 150 valence electrons. The SMILES string of the molecule is CC[C@H](C)N1C(=O)[C@H]2[C@@H](C1=O)[C@@]1([NH2+][C@@H]2CCSC)C(=O)Nc2ccc(F)cc21. The molecule has 1 aromatic carbocycles. The van der Waals surface area contributed by atoms with Crippen molar-refractivity contribution in [3.63, 3.8) is 0 Å². The van der Waals surface area contributed by atoms with Crippen LogP contribution >= 0.6 is 11.8 Å². The minimum atomic E-state index is -1.28. The van der Waals surface area contributed by atoms with E-state index in [4.69, 9.17) is 0 Å². The van der Waals surface area contributed by atoms with Crippen molar-refractivity contribution in [1.82, 2.24) is 4.90 Å². The smallest absolute Gasteiger partial charge is 0.291 e. The van der Waals surface area contributed by atoms with Crippen LogP contribution in [0, 0.1) is 17.7 Å². The molecule has 3 aliphatic heterocycles. The number of likely N-dealkylation sites (tertiary alicyclic amines) is 1. The maximum Gasteiger partial charge on any atom is 0.291 e. The Balaban J connectivity index is 1.86. The molecule has 0 bridgehead atoms. The fourth-order valence-electron chi connectivity index (χ4n) is 5.09. The fourth-order valence-corrected chi connectivity index (χ4v) is 5.60. The number of nitrogens with zero attached hydrogens (tertiary/aromatic N) is 1. The van der Waals surface area contributed by atoms with Crippen LogP contribution < -0.4 is 10.6 Å². The molecule has 0 saturated carbocycles. The Hall–Kier alpha value is -1.93. The third kappa shape index (κ3) is 2.47. The molecule has 0 unspecified atom stereocenters. The minimum Gasteiger partial charge on any atom is -0.326 e. The van der Waals surface area contributed by atoms with Gasteiger partial charge in [0.2, 0.25) is 17.4 Å². The number of carbonyl (C=O) groups excluding carboxylic acids is 3. The average molecular weight is 407 g/mol. The van der Waals surface area contributed by atoms with Crippen LogP contribution in [0.2, 0.25) is 0 Å². The van der Waals surface area contributed by atoms with Gasteiger partial charge in [-0.2, -0.15) is 11.8 Å². The molecule has 5 atom stereocenters. The second-order valence-electron chi connectivity index (χ2n) is 7.93. The number of anilines is 1. The van der Waals surface area contributed by atoms with E-state index in [0.717, 1.165) is 5.75 Å². The first-order chi connectivity index (χ1) is 13.4. The number of benzene rings is 1. The van der Waals surface area contributed by atoms with Gasteiger partial charge in [0, 0.05) is 18.0 Å². The average Bonchev–Trinajstić information content (AvgIpc) is 3.25. The van der Waals surface area contributed by atoms with E-state index in [1.54, 1.807) is 11.8 Å². The van der Waals surface area contributed by atoms with Gasteiger partial charge in [-0.1, -0.05) is 6.92 Å². The van der Waals surface area contributed by atoms with Gasteiger partial charge >= 0.3 is 0 Å². The fraction of sp³-hybridized carbons (Fsp3) is 0.550. The summed E-state index contributed by atoms with van der Waals surface area (Å²) in [7, 11) is 0. The number of nitrogens with one attached hydrogen (secondary N) is 1. The minimum absolute atomic E-state index is 0.192. The lowest BCUT2D eigenvalue weighted by Crippen LogP contribution is -2.99. The molecule has 3 heterocycles. The number of thioether (sulfide) groups is 1. The maximum absolute atomic E-state index is 14.1. The quantitative estimate of drug-likeness (QED) is 0.717. The Morgan fingerprint density at radius 2 is 2.07 bits per heavy atom. The Bertz CT molecular complexity index is 863. The first-order valence-electron chi connectivity index (χ1n) is 9.70. The van der Waals surface area contributed by atoms with Crippen LogP contribution in [0.3, 0.4) is 0 Å². The molecule has 0 aliphatic carbocycles. The number of carbonyl (C=O) groups is 3. The first-order valence-corrected chi connectivity index (χ1v) is 11.1. The van der Waals surface area contributed by atoms with E-state index in [9.17, 15) is 18.8 Å². The zero-order valence-corrected chi connectivity index (χ0v) is 17.0. The second kappa shape index (κ2) is 6.84. The Labute approximate surface area is 167 Å². The lowest BCUT2D eigenvalue weighted by atomic mass is 9.76. The number of quaternary nitrogens is 1. The summed E-state index contributed by atoms with van der Waals surface area (Å²) in [4.78, 5) is 41.2. The van der Waals surface area contributed by atoms with Crippen molar-refractivity contribution in [1.29, 1.82) is 0 Å². The van der Waals surface area contributed by atoms with Crippen molar-refractivity contribution in [3.8, 4) is 0 Å². The lowest BCUT2D eigenvalue weighted by Gasteiger charge is -2.28. The summed E-state index contributed by atoms with van der Waals surface area (Å²) in [5.41, 5.74) is -0.277. The highest BCUT2D eigenvalue weighted by molar-refractivity contribution is 7.98. The molecule has 0 aromatic heterocycles. The predicted octanol–water partition coefficient (Wildman–Crippen LogP) is 1.07. The molecule has 3 aliphatic rings. The van der Waals surface area contributed by atoms with E-state index in [1.807, 2.05) is 25.4 Å². The number of halogens is 1. The molecular weight excluding hydrogens is 381 g/mol. The summed E-state index contributed by atoms with van der Waals surface area (Å²) in [6, 6.07) is 3.75.